The van der Waals surface area contributed by atoms with Crippen LogP contribution in [0.5, 0.6) is 0 Å². The summed E-state index contributed by atoms with van der Waals surface area (Å²) in [5.41, 5.74) is 0.343. The summed E-state index contributed by atoms with van der Waals surface area (Å²) in [6.07, 6.45) is 1.67. The van der Waals surface area contributed by atoms with E-state index in [2.05, 4.69) is 15.6 Å². The number of hydrogen-bond donors (Lipinski definition) is 2. The molecule has 0 aliphatic heterocycles. The van der Waals surface area contributed by atoms with Gasteiger partial charge in [0.05, 0.1) is 5.56 Å². The predicted octanol–water partition coefficient (Wildman–Crippen LogP) is 2.04. The molecule has 4 nitrogen and oxygen atoms in total. The average Bonchev–Trinajstić information content (AvgIpc) is 2.16. The zero-order valence-corrected chi connectivity index (χ0v) is 10.3. The van der Waals surface area contributed by atoms with Crippen molar-refractivity contribution in [2.45, 2.75) is 33.2 Å². The monoisotopic (exact) mass is 221 g/mol. The molecule has 0 unspecified atom stereocenters. The van der Waals surface area contributed by atoms with Crippen LogP contribution in [0.15, 0.2) is 18.3 Å². The van der Waals surface area contributed by atoms with E-state index in [0.29, 0.717) is 11.4 Å². The molecule has 88 valence electrons. The lowest BCUT2D eigenvalue weighted by Crippen LogP contribution is -2.40. The van der Waals surface area contributed by atoms with Crippen molar-refractivity contribution in [2.24, 2.45) is 0 Å². The van der Waals surface area contributed by atoms with E-state index in [1.54, 1.807) is 18.3 Å². The summed E-state index contributed by atoms with van der Waals surface area (Å²) in [6, 6.07) is 3.53. The number of anilines is 1. The number of amides is 1. The van der Waals surface area contributed by atoms with Gasteiger partial charge in [-0.3, -0.25) is 4.79 Å². The standard InChI is InChI=1S/C12H19N3O/c1-5-13-10-9(7-6-8-14-10)11(16)15-12(2,3)4/h6-8H,5H2,1-4H3,(H,13,14)(H,15,16). The zero-order valence-electron chi connectivity index (χ0n) is 10.3. The van der Waals surface area contributed by atoms with Gasteiger partial charge >= 0.3 is 0 Å². The van der Waals surface area contributed by atoms with Gasteiger partial charge in [-0.15, -0.1) is 0 Å². The minimum Gasteiger partial charge on any atom is -0.370 e. The van der Waals surface area contributed by atoms with E-state index in [9.17, 15) is 4.79 Å². The number of aromatic nitrogens is 1. The number of hydrogen-bond acceptors (Lipinski definition) is 3. The van der Waals surface area contributed by atoms with Crippen LogP contribution < -0.4 is 10.6 Å². The van der Waals surface area contributed by atoms with Gasteiger partial charge in [0.25, 0.3) is 5.91 Å². The van der Waals surface area contributed by atoms with Gasteiger partial charge in [0.1, 0.15) is 5.82 Å². The molecule has 0 saturated heterocycles. The molecule has 1 aromatic heterocycles. The molecule has 1 amide bonds. The maximum Gasteiger partial charge on any atom is 0.255 e. The highest BCUT2D eigenvalue weighted by Gasteiger charge is 2.17. The van der Waals surface area contributed by atoms with Crippen molar-refractivity contribution in [3.05, 3.63) is 23.9 Å². The Morgan fingerprint density at radius 3 is 2.69 bits per heavy atom. The summed E-state index contributed by atoms with van der Waals surface area (Å²) in [5, 5.41) is 5.99. The number of carbonyl (C=O) groups excluding carboxylic acids is 1. The fourth-order valence-corrected chi connectivity index (χ4v) is 1.30. The van der Waals surface area contributed by atoms with E-state index in [4.69, 9.17) is 0 Å². The number of nitrogens with zero attached hydrogens (tertiary/aromatic N) is 1. The maximum atomic E-state index is 12.0. The van der Waals surface area contributed by atoms with Crippen LogP contribution in [-0.4, -0.2) is 23.0 Å². The van der Waals surface area contributed by atoms with Gasteiger partial charge in [0, 0.05) is 18.3 Å². The van der Waals surface area contributed by atoms with Gasteiger partial charge in [0.2, 0.25) is 0 Å². The topological polar surface area (TPSA) is 54.0 Å². The largest absolute Gasteiger partial charge is 0.370 e. The maximum absolute atomic E-state index is 12.0. The third-order valence-corrected chi connectivity index (χ3v) is 1.89. The van der Waals surface area contributed by atoms with Crippen LogP contribution in [0.25, 0.3) is 0 Å². The minimum absolute atomic E-state index is 0.100. The molecule has 1 rings (SSSR count). The van der Waals surface area contributed by atoms with E-state index in [1.165, 1.54) is 0 Å². The molecule has 0 aliphatic carbocycles. The summed E-state index contributed by atoms with van der Waals surface area (Å²) in [4.78, 5) is 16.1. The third kappa shape index (κ3) is 3.53. The van der Waals surface area contributed by atoms with Gasteiger partial charge in [0.15, 0.2) is 0 Å². The molecule has 0 aliphatic rings. The minimum atomic E-state index is -0.240. The predicted molar refractivity (Wildman–Crippen MR) is 65.6 cm³/mol. The second-order valence-corrected chi connectivity index (χ2v) is 4.63. The molecule has 0 radical (unpaired) electrons. The number of carbonyl (C=O) groups is 1. The Bertz CT molecular complexity index is 369. The first-order valence-corrected chi connectivity index (χ1v) is 5.45. The van der Waals surface area contributed by atoms with Gasteiger partial charge in [-0.25, -0.2) is 4.98 Å². The Kier molecular flexibility index (Phi) is 3.88. The SMILES string of the molecule is CCNc1ncccc1C(=O)NC(C)(C)C. The van der Waals surface area contributed by atoms with E-state index >= 15 is 0 Å². The molecule has 0 atom stereocenters. The summed E-state index contributed by atoms with van der Waals surface area (Å²) in [5.74, 6) is 0.531. The van der Waals surface area contributed by atoms with Crippen LogP contribution in [0.1, 0.15) is 38.1 Å². The third-order valence-electron chi connectivity index (χ3n) is 1.89. The van der Waals surface area contributed by atoms with Crippen molar-refractivity contribution in [3.8, 4) is 0 Å². The van der Waals surface area contributed by atoms with Crippen molar-refractivity contribution < 1.29 is 4.79 Å². The van der Waals surface area contributed by atoms with E-state index in [1.807, 2.05) is 27.7 Å². The Hall–Kier alpha value is -1.58. The summed E-state index contributed by atoms with van der Waals surface area (Å²) in [7, 11) is 0. The fraction of sp³-hybridized carbons (Fsp3) is 0.500. The summed E-state index contributed by atoms with van der Waals surface area (Å²) >= 11 is 0. The molecule has 1 aromatic rings. The highest BCUT2D eigenvalue weighted by molar-refractivity contribution is 5.99. The van der Waals surface area contributed by atoms with Crippen molar-refractivity contribution in [1.29, 1.82) is 0 Å². The quantitative estimate of drug-likeness (QED) is 0.821. The average molecular weight is 221 g/mol. The van der Waals surface area contributed by atoms with Crippen molar-refractivity contribution >= 4 is 11.7 Å². The van der Waals surface area contributed by atoms with Crippen LogP contribution in [0, 0.1) is 0 Å². The summed E-state index contributed by atoms with van der Waals surface area (Å²) < 4.78 is 0. The Morgan fingerprint density at radius 1 is 1.44 bits per heavy atom. The van der Waals surface area contributed by atoms with Crippen LogP contribution in [0.4, 0.5) is 5.82 Å². The van der Waals surface area contributed by atoms with Gasteiger partial charge < -0.3 is 10.6 Å². The second-order valence-electron chi connectivity index (χ2n) is 4.63. The lowest BCUT2D eigenvalue weighted by molar-refractivity contribution is 0.0920. The lowest BCUT2D eigenvalue weighted by atomic mass is 10.1. The molecular weight excluding hydrogens is 202 g/mol. The number of pyridine rings is 1. The van der Waals surface area contributed by atoms with Crippen molar-refractivity contribution in [3.63, 3.8) is 0 Å². The first-order valence-electron chi connectivity index (χ1n) is 5.45. The molecule has 4 heteroatoms. The molecule has 0 aromatic carbocycles. The second kappa shape index (κ2) is 4.96. The lowest BCUT2D eigenvalue weighted by Gasteiger charge is -2.21. The van der Waals surface area contributed by atoms with Crippen LogP contribution >= 0.6 is 0 Å². The van der Waals surface area contributed by atoms with Gasteiger partial charge in [-0.1, -0.05) is 0 Å². The van der Waals surface area contributed by atoms with Gasteiger partial charge in [-0.05, 0) is 39.8 Å². The number of rotatable bonds is 3. The molecule has 0 bridgehead atoms. The molecule has 2 N–H and O–H groups in total. The van der Waals surface area contributed by atoms with Crippen LogP contribution in [0.3, 0.4) is 0 Å². The highest BCUT2D eigenvalue weighted by atomic mass is 16.1. The molecule has 0 fully saturated rings. The van der Waals surface area contributed by atoms with E-state index in [-0.39, 0.29) is 11.4 Å². The molecular formula is C12H19N3O. The molecule has 16 heavy (non-hydrogen) atoms. The highest BCUT2D eigenvalue weighted by Crippen LogP contribution is 2.12. The molecule has 0 spiro atoms. The van der Waals surface area contributed by atoms with Crippen molar-refractivity contribution in [2.75, 3.05) is 11.9 Å². The summed E-state index contributed by atoms with van der Waals surface area (Å²) in [6.45, 7) is 8.57. The zero-order chi connectivity index (χ0) is 12.2. The first-order chi connectivity index (χ1) is 7.44. The Morgan fingerprint density at radius 2 is 2.12 bits per heavy atom. The van der Waals surface area contributed by atoms with Crippen LogP contribution in [0.2, 0.25) is 0 Å². The molecule has 1 heterocycles. The van der Waals surface area contributed by atoms with Crippen molar-refractivity contribution in [1.82, 2.24) is 10.3 Å². The Balaban J connectivity index is 2.90. The normalized spacial score (nSPS) is 11.0. The number of nitrogens with one attached hydrogen (secondary N) is 2. The fourth-order valence-electron chi connectivity index (χ4n) is 1.30. The van der Waals surface area contributed by atoms with E-state index < -0.39 is 0 Å². The first kappa shape index (κ1) is 12.5. The van der Waals surface area contributed by atoms with Crippen LogP contribution in [-0.2, 0) is 0 Å². The van der Waals surface area contributed by atoms with Gasteiger partial charge in [-0.2, -0.15) is 0 Å². The van der Waals surface area contributed by atoms with E-state index in [0.717, 1.165) is 6.54 Å². The Labute approximate surface area is 96.5 Å². The smallest absolute Gasteiger partial charge is 0.255 e. The molecule has 0 saturated carbocycles.